The van der Waals surface area contributed by atoms with E-state index in [4.69, 9.17) is 9.57 Å². The number of aromatic nitrogens is 1. The van der Waals surface area contributed by atoms with E-state index in [-0.39, 0.29) is 0 Å². The van der Waals surface area contributed by atoms with Gasteiger partial charge in [0.15, 0.2) is 0 Å². The van der Waals surface area contributed by atoms with Crippen molar-refractivity contribution in [3.05, 3.63) is 53.6 Å². The van der Waals surface area contributed by atoms with Crippen molar-refractivity contribution in [1.29, 1.82) is 0 Å². The molecule has 0 radical (unpaired) electrons. The van der Waals surface area contributed by atoms with Crippen LogP contribution in [0, 0.1) is 0 Å². The summed E-state index contributed by atoms with van der Waals surface area (Å²) in [6.07, 6.45) is 6.84. The summed E-state index contributed by atoms with van der Waals surface area (Å²) < 4.78 is 5.71. The highest BCUT2D eigenvalue weighted by Crippen LogP contribution is 2.35. The van der Waals surface area contributed by atoms with Crippen molar-refractivity contribution in [2.24, 2.45) is 5.16 Å². The Kier molecular flexibility index (Phi) is 6.15. The van der Waals surface area contributed by atoms with Crippen LogP contribution in [-0.4, -0.2) is 31.0 Å². The summed E-state index contributed by atoms with van der Waals surface area (Å²) >= 11 is 0. The fourth-order valence-corrected chi connectivity index (χ4v) is 4.16. The first-order chi connectivity index (χ1) is 14.3. The molecule has 1 aromatic heterocycles. The molecule has 1 fully saturated rings. The maximum Gasteiger partial charge on any atom is 0.106 e. The second-order valence-corrected chi connectivity index (χ2v) is 7.53. The number of benzene rings is 2. The van der Waals surface area contributed by atoms with Gasteiger partial charge >= 0.3 is 0 Å². The van der Waals surface area contributed by atoms with E-state index >= 15 is 0 Å². The van der Waals surface area contributed by atoms with E-state index in [2.05, 4.69) is 51.9 Å². The standard InChI is InChI=1S/C24H29N3O2/c1-3-29-16-17-13-20-21(15-25-28-2)23(18-9-5-4-6-10-18)27-24(20)22(14-17)26-19-11-7-8-12-19/h4-6,9-10,13-15,19,26-27H,3,7-8,11-12,16H2,1-2H3. The average molecular weight is 392 g/mol. The van der Waals surface area contributed by atoms with Crippen LogP contribution in [0.25, 0.3) is 22.2 Å². The third-order valence-electron chi connectivity index (χ3n) is 5.54. The second-order valence-electron chi connectivity index (χ2n) is 7.53. The quantitative estimate of drug-likeness (QED) is 0.382. The molecule has 2 aromatic carbocycles. The van der Waals surface area contributed by atoms with Crippen molar-refractivity contribution in [3.63, 3.8) is 0 Å². The highest BCUT2D eigenvalue weighted by Gasteiger charge is 2.20. The van der Waals surface area contributed by atoms with E-state index in [0.717, 1.165) is 39.0 Å². The molecular formula is C24H29N3O2. The van der Waals surface area contributed by atoms with Crippen LogP contribution in [0.4, 0.5) is 5.69 Å². The summed E-state index contributed by atoms with van der Waals surface area (Å²) in [5.41, 5.74) is 6.60. The average Bonchev–Trinajstić information content (AvgIpc) is 3.39. The molecule has 0 amide bonds. The summed E-state index contributed by atoms with van der Waals surface area (Å²) in [5, 5.41) is 8.99. The van der Waals surface area contributed by atoms with Gasteiger partial charge in [-0.2, -0.15) is 0 Å². The molecule has 1 aliphatic carbocycles. The number of rotatable bonds is 8. The smallest absolute Gasteiger partial charge is 0.106 e. The molecule has 0 aliphatic heterocycles. The largest absolute Gasteiger partial charge is 0.399 e. The van der Waals surface area contributed by atoms with Crippen molar-refractivity contribution in [2.75, 3.05) is 19.0 Å². The number of aromatic amines is 1. The molecule has 0 spiro atoms. The monoisotopic (exact) mass is 391 g/mol. The first kappa shape index (κ1) is 19.5. The third-order valence-corrected chi connectivity index (χ3v) is 5.54. The van der Waals surface area contributed by atoms with Crippen molar-refractivity contribution in [2.45, 2.75) is 45.3 Å². The molecule has 0 unspecified atom stereocenters. The highest BCUT2D eigenvalue weighted by molar-refractivity contribution is 6.09. The predicted octanol–water partition coefficient (Wildman–Crippen LogP) is 5.71. The minimum atomic E-state index is 0.528. The van der Waals surface area contributed by atoms with Gasteiger partial charge in [-0.05, 0) is 43.0 Å². The van der Waals surface area contributed by atoms with Crippen LogP contribution in [0.2, 0.25) is 0 Å². The Morgan fingerprint density at radius 2 is 1.97 bits per heavy atom. The van der Waals surface area contributed by atoms with Gasteiger partial charge in [0.2, 0.25) is 0 Å². The minimum absolute atomic E-state index is 0.528. The van der Waals surface area contributed by atoms with Gasteiger partial charge < -0.3 is 19.9 Å². The molecule has 0 atom stereocenters. The number of H-pyrrole nitrogens is 1. The van der Waals surface area contributed by atoms with Crippen molar-refractivity contribution in [1.82, 2.24) is 4.98 Å². The Labute approximate surface area is 172 Å². The van der Waals surface area contributed by atoms with Crippen molar-refractivity contribution < 1.29 is 9.57 Å². The van der Waals surface area contributed by atoms with Gasteiger partial charge in [0.05, 0.1) is 29.7 Å². The summed E-state index contributed by atoms with van der Waals surface area (Å²) in [6.45, 7) is 3.32. The molecule has 3 aromatic rings. The van der Waals surface area contributed by atoms with Gasteiger partial charge in [0.25, 0.3) is 0 Å². The van der Waals surface area contributed by atoms with E-state index in [1.807, 2.05) is 13.0 Å². The number of hydrogen-bond donors (Lipinski definition) is 2. The molecule has 1 heterocycles. The molecule has 4 rings (SSSR count). The second kappa shape index (κ2) is 9.14. The summed E-state index contributed by atoms with van der Waals surface area (Å²) in [6, 6.07) is 15.3. The van der Waals surface area contributed by atoms with Gasteiger partial charge in [-0.1, -0.05) is 48.3 Å². The third kappa shape index (κ3) is 4.30. The fourth-order valence-electron chi connectivity index (χ4n) is 4.16. The van der Waals surface area contributed by atoms with Crippen LogP contribution in [-0.2, 0) is 16.2 Å². The van der Waals surface area contributed by atoms with E-state index in [1.165, 1.54) is 25.7 Å². The summed E-state index contributed by atoms with van der Waals surface area (Å²) in [4.78, 5) is 8.67. The van der Waals surface area contributed by atoms with Gasteiger partial charge in [0.1, 0.15) is 7.11 Å². The van der Waals surface area contributed by atoms with E-state index in [9.17, 15) is 0 Å². The Morgan fingerprint density at radius 3 is 2.69 bits per heavy atom. The first-order valence-electron chi connectivity index (χ1n) is 10.4. The number of nitrogens with one attached hydrogen (secondary N) is 2. The Balaban J connectivity index is 1.87. The van der Waals surface area contributed by atoms with Crippen molar-refractivity contribution >= 4 is 22.8 Å². The lowest BCUT2D eigenvalue weighted by Gasteiger charge is -2.16. The lowest BCUT2D eigenvalue weighted by molar-refractivity contribution is 0.134. The van der Waals surface area contributed by atoms with Gasteiger partial charge in [-0.25, -0.2) is 0 Å². The number of oxime groups is 1. The Hall–Kier alpha value is -2.79. The van der Waals surface area contributed by atoms with E-state index in [0.29, 0.717) is 19.3 Å². The van der Waals surface area contributed by atoms with Gasteiger partial charge in [-0.3, -0.25) is 0 Å². The maximum absolute atomic E-state index is 5.71. The molecular weight excluding hydrogens is 362 g/mol. The first-order valence-corrected chi connectivity index (χ1v) is 10.4. The normalized spacial score (nSPS) is 14.8. The number of anilines is 1. The van der Waals surface area contributed by atoms with Crippen LogP contribution in [0.5, 0.6) is 0 Å². The van der Waals surface area contributed by atoms with Crippen LogP contribution in [0.15, 0.2) is 47.6 Å². The zero-order valence-corrected chi connectivity index (χ0v) is 17.2. The molecule has 5 nitrogen and oxygen atoms in total. The van der Waals surface area contributed by atoms with Gasteiger partial charge in [0, 0.05) is 23.6 Å². The number of nitrogens with zero attached hydrogens (tertiary/aromatic N) is 1. The SMILES string of the molecule is CCOCc1cc(NC2CCCC2)c2[nH]c(-c3ccccc3)c(C=NOC)c2c1. The van der Waals surface area contributed by atoms with E-state index in [1.54, 1.807) is 13.3 Å². The summed E-state index contributed by atoms with van der Waals surface area (Å²) in [5.74, 6) is 0. The topological polar surface area (TPSA) is 58.6 Å². The lowest BCUT2D eigenvalue weighted by Crippen LogP contribution is -2.15. The predicted molar refractivity (Wildman–Crippen MR) is 120 cm³/mol. The molecule has 0 bridgehead atoms. The molecule has 1 aliphatic rings. The van der Waals surface area contributed by atoms with Crippen LogP contribution >= 0.6 is 0 Å². The number of hydrogen-bond acceptors (Lipinski definition) is 4. The molecule has 152 valence electrons. The maximum atomic E-state index is 5.71. The molecule has 2 N–H and O–H groups in total. The zero-order valence-electron chi connectivity index (χ0n) is 17.2. The number of fused-ring (bicyclic) bond motifs is 1. The highest BCUT2D eigenvalue weighted by atomic mass is 16.6. The van der Waals surface area contributed by atoms with Crippen LogP contribution in [0.3, 0.4) is 0 Å². The molecule has 0 saturated heterocycles. The van der Waals surface area contributed by atoms with E-state index < -0.39 is 0 Å². The molecule has 5 heteroatoms. The zero-order chi connectivity index (χ0) is 20.1. The Morgan fingerprint density at radius 1 is 1.17 bits per heavy atom. The Bertz CT molecular complexity index is 973. The van der Waals surface area contributed by atoms with Crippen LogP contribution in [0.1, 0.15) is 43.7 Å². The van der Waals surface area contributed by atoms with Gasteiger partial charge in [-0.15, -0.1) is 0 Å². The minimum Gasteiger partial charge on any atom is -0.399 e. The van der Waals surface area contributed by atoms with Crippen molar-refractivity contribution in [3.8, 4) is 11.3 Å². The molecule has 1 saturated carbocycles. The molecule has 29 heavy (non-hydrogen) atoms. The fraction of sp³-hybridized carbons (Fsp3) is 0.375. The lowest BCUT2D eigenvalue weighted by atomic mass is 10.0. The summed E-state index contributed by atoms with van der Waals surface area (Å²) in [7, 11) is 1.57. The number of ether oxygens (including phenoxy) is 1. The van der Waals surface area contributed by atoms with Crippen LogP contribution < -0.4 is 5.32 Å².